The van der Waals surface area contributed by atoms with Gasteiger partial charge in [0.25, 0.3) is 0 Å². The lowest BCUT2D eigenvalue weighted by Gasteiger charge is -2.18. The molecule has 1 fully saturated rings. The molecule has 0 radical (unpaired) electrons. The fourth-order valence-electron chi connectivity index (χ4n) is 1.84. The van der Waals surface area contributed by atoms with Crippen LogP contribution in [0.15, 0.2) is 18.2 Å². The van der Waals surface area contributed by atoms with Gasteiger partial charge >= 0.3 is 0 Å². The van der Waals surface area contributed by atoms with Gasteiger partial charge in [-0.3, -0.25) is 0 Å². The zero-order chi connectivity index (χ0) is 11.7. The number of hydrogen-bond acceptors (Lipinski definition) is 4. The molecule has 84 valence electrons. The second-order valence-corrected chi connectivity index (χ2v) is 3.81. The van der Waals surface area contributed by atoms with Crippen molar-refractivity contribution in [3.05, 3.63) is 29.6 Å². The molecule has 2 rings (SSSR count). The molecule has 2 atom stereocenters. The normalized spacial score (nSPS) is 24.5. The van der Waals surface area contributed by atoms with Gasteiger partial charge in [0.2, 0.25) is 0 Å². The number of hydrogen-bond donors (Lipinski definition) is 2. The molecular formula is C11H11FN2O2. The average Bonchev–Trinajstić information content (AvgIpc) is 2.59. The van der Waals surface area contributed by atoms with Gasteiger partial charge in [0.1, 0.15) is 11.9 Å². The number of aliphatic hydroxyl groups is 2. The molecule has 4 nitrogen and oxygen atoms in total. The summed E-state index contributed by atoms with van der Waals surface area (Å²) in [7, 11) is 0. The number of nitrogens with zero attached hydrogens (tertiary/aromatic N) is 2. The minimum atomic E-state index is -0.823. The molecular weight excluding hydrogens is 211 g/mol. The van der Waals surface area contributed by atoms with Gasteiger partial charge in [-0.2, -0.15) is 5.26 Å². The Morgan fingerprint density at radius 1 is 1.31 bits per heavy atom. The molecule has 16 heavy (non-hydrogen) atoms. The topological polar surface area (TPSA) is 67.5 Å². The van der Waals surface area contributed by atoms with E-state index < -0.39 is 18.0 Å². The predicted molar refractivity (Wildman–Crippen MR) is 55.3 cm³/mol. The smallest absolute Gasteiger partial charge is 0.124 e. The molecule has 0 spiro atoms. The van der Waals surface area contributed by atoms with Crippen molar-refractivity contribution in [1.82, 2.24) is 0 Å². The third-order valence-corrected chi connectivity index (χ3v) is 2.68. The Balaban J connectivity index is 2.32. The number of halogens is 1. The van der Waals surface area contributed by atoms with E-state index in [9.17, 15) is 14.6 Å². The maximum Gasteiger partial charge on any atom is 0.124 e. The Bertz CT molecular complexity index is 434. The Morgan fingerprint density at radius 2 is 1.94 bits per heavy atom. The molecule has 0 unspecified atom stereocenters. The number of β-amino-alcohol motifs (C(OH)–C–C–N with tert-alkyl or cyclic N) is 2. The van der Waals surface area contributed by atoms with Crippen LogP contribution in [0.4, 0.5) is 10.1 Å². The number of benzene rings is 1. The molecule has 0 aliphatic carbocycles. The van der Waals surface area contributed by atoms with E-state index in [4.69, 9.17) is 5.26 Å². The third kappa shape index (κ3) is 1.85. The zero-order valence-corrected chi connectivity index (χ0v) is 8.47. The van der Waals surface area contributed by atoms with Crippen LogP contribution in [-0.4, -0.2) is 35.5 Å². The van der Waals surface area contributed by atoms with E-state index in [1.807, 2.05) is 6.07 Å². The van der Waals surface area contributed by atoms with E-state index in [1.54, 1.807) is 4.90 Å². The first kappa shape index (κ1) is 10.9. The van der Waals surface area contributed by atoms with Crippen LogP contribution in [0.1, 0.15) is 5.56 Å². The lowest BCUT2D eigenvalue weighted by atomic mass is 10.1. The third-order valence-electron chi connectivity index (χ3n) is 2.68. The minimum Gasteiger partial charge on any atom is -0.389 e. The molecule has 1 aromatic rings. The van der Waals surface area contributed by atoms with Crippen LogP contribution in [0.25, 0.3) is 0 Å². The molecule has 1 heterocycles. The summed E-state index contributed by atoms with van der Waals surface area (Å²) in [6, 6.07) is 5.79. The Kier molecular flexibility index (Phi) is 2.77. The molecule has 5 heteroatoms. The van der Waals surface area contributed by atoms with Crippen molar-refractivity contribution >= 4 is 5.69 Å². The second kappa shape index (κ2) is 4.08. The highest BCUT2D eigenvalue weighted by atomic mass is 19.1. The van der Waals surface area contributed by atoms with Crippen LogP contribution in [0, 0.1) is 17.1 Å². The zero-order valence-electron chi connectivity index (χ0n) is 8.47. The first-order valence-corrected chi connectivity index (χ1v) is 4.92. The monoisotopic (exact) mass is 222 g/mol. The van der Waals surface area contributed by atoms with E-state index in [1.165, 1.54) is 12.1 Å². The lowest BCUT2D eigenvalue weighted by Crippen LogP contribution is -2.22. The quantitative estimate of drug-likeness (QED) is 0.714. The van der Waals surface area contributed by atoms with Crippen LogP contribution in [-0.2, 0) is 0 Å². The molecule has 0 amide bonds. The molecule has 0 saturated carbocycles. The summed E-state index contributed by atoms with van der Waals surface area (Å²) in [5.41, 5.74) is 0.751. The highest BCUT2D eigenvalue weighted by Gasteiger charge is 2.30. The SMILES string of the molecule is N#Cc1cc(F)ccc1N1C[C@@H](O)[C@@H](O)C1. The van der Waals surface area contributed by atoms with Crippen LogP contribution in [0.3, 0.4) is 0 Å². The van der Waals surface area contributed by atoms with E-state index >= 15 is 0 Å². The van der Waals surface area contributed by atoms with Gasteiger partial charge in [-0.25, -0.2) is 4.39 Å². The van der Waals surface area contributed by atoms with Crippen molar-refractivity contribution in [3.8, 4) is 6.07 Å². The van der Waals surface area contributed by atoms with Gasteiger partial charge in [-0.1, -0.05) is 0 Å². The fourth-order valence-corrected chi connectivity index (χ4v) is 1.84. The van der Waals surface area contributed by atoms with Crippen molar-refractivity contribution in [2.75, 3.05) is 18.0 Å². The van der Waals surface area contributed by atoms with E-state index in [2.05, 4.69) is 0 Å². The second-order valence-electron chi connectivity index (χ2n) is 3.81. The van der Waals surface area contributed by atoms with Crippen molar-refractivity contribution in [1.29, 1.82) is 5.26 Å². The summed E-state index contributed by atoms with van der Waals surface area (Å²) in [5.74, 6) is -0.472. The highest BCUT2D eigenvalue weighted by Crippen LogP contribution is 2.25. The van der Waals surface area contributed by atoms with Gasteiger partial charge in [-0.05, 0) is 18.2 Å². The van der Waals surface area contributed by atoms with Crippen molar-refractivity contribution in [2.24, 2.45) is 0 Å². The molecule has 1 aliphatic heterocycles. The molecule has 2 N–H and O–H groups in total. The molecule has 1 saturated heterocycles. The van der Waals surface area contributed by atoms with Crippen LogP contribution >= 0.6 is 0 Å². The maximum atomic E-state index is 12.9. The fraction of sp³-hybridized carbons (Fsp3) is 0.364. The van der Waals surface area contributed by atoms with Crippen LogP contribution in [0.5, 0.6) is 0 Å². The first-order chi connectivity index (χ1) is 7.61. The summed E-state index contributed by atoms with van der Waals surface area (Å²) in [6.45, 7) is 0.503. The number of aliphatic hydroxyl groups excluding tert-OH is 2. The Morgan fingerprint density at radius 3 is 2.50 bits per heavy atom. The average molecular weight is 222 g/mol. The first-order valence-electron chi connectivity index (χ1n) is 4.92. The maximum absolute atomic E-state index is 12.9. The molecule has 1 aromatic carbocycles. The van der Waals surface area contributed by atoms with Crippen LogP contribution in [0.2, 0.25) is 0 Å². The van der Waals surface area contributed by atoms with Gasteiger partial charge in [0.05, 0.1) is 23.5 Å². The van der Waals surface area contributed by atoms with Crippen molar-refractivity contribution in [3.63, 3.8) is 0 Å². The Labute approximate surface area is 92.2 Å². The summed E-state index contributed by atoms with van der Waals surface area (Å²) >= 11 is 0. The van der Waals surface area contributed by atoms with Gasteiger partial charge in [0.15, 0.2) is 0 Å². The molecule has 0 aromatic heterocycles. The standard InChI is InChI=1S/C11H11FN2O2/c12-8-1-2-9(7(3-8)4-13)14-5-10(15)11(16)6-14/h1-3,10-11,15-16H,5-6H2/t10-,11+. The van der Waals surface area contributed by atoms with E-state index in [-0.39, 0.29) is 18.7 Å². The summed E-state index contributed by atoms with van der Waals surface area (Å²) in [5, 5.41) is 27.7. The number of rotatable bonds is 1. The Hall–Kier alpha value is -1.64. The summed E-state index contributed by atoms with van der Waals surface area (Å²) in [4.78, 5) is 1.67. The lowest BCUT2D eigenvalue weighted by molar-refractivity contribution is 0.0572. The van der Waals surface area contributed by atoms with E-state index in [0.717, 1.165) is 6.07 Å². The summed E-state index contributed by atoms with van der Waals surface area (Å²) in [6.07, 6.45) is -1.65. The number of nitriles is 1. The highest BCUT2D eigenvalue weighted by molar-refractivity contribution is 5.60. The minimum absolute atomic E-state index is 0.210. The van der Waals surface area contributed by atoms with Crippen molar-refractivity contribution in [2.45, 2.75) is 12.2 Å². The van der Waals surface area contributed by atoms with Crippen LogP contribution < -0.4 is 4.90 Å². The van der Waals surface area contributed by atoms with E-state index in [0.29, 0.717) is 5.69 Å². The molecule has 1 aliphatic rings. The largest absolute Gasteiger partial charge is 0.389 e. The van der Waals surface area contributed by atoms with Crippen molar-refractivity contribution < 1.29 is 14.6 Å². The molecule has 0 bridgehead atoms. The van der Waals surface area contributed by atoms with Gasteiger partial charge < -0.3 is 15.1 Å². The number of anilines is 1. The summed E-state index contributed by atoms with van der Waals surface area (Å²) < 4.78 is 12.9. The van der Waals surface area contributed by atoms with Gasteiger partial charge in [-0.15, -0.1) is 0 Å². The van der Waals surface area contributed by atoms with Gasteiger partial charge in [0, 0.05) is 13.1 Å². The predicted octanol–water partition coefficient (Wildman–Crippen LogP) is 0.239.